The molecule has 0 atom stereocenters. The first-order valence-corrected chi connectivity index (χ1v) is 11.3. The van der Waals surface area contributed by atoms with Crippen molar-refractivity contribution in [2.45, 2.75) is 5.60 Å². The minimum atomic E-state index is -2.46. The van der Waals surface area contributed by atoms with Gasteiger partial charge in [0.1, 0.15) is 17.1 Å². The summed E-state index contributed by atoms with van der Waals surface area (Å²) in [4.78, 5) is 25.6. The van der Waals surface area contributed by atoms with Gasteiger partial charge in [-0.25, -0.2) is 35.5 Å². The van der Waals surface area contributed by atoms with Crippen molar-refractivity contribution in [3.63, 3.8) is 0 Å². The van der Waals surface area contributed by atoms with Crippen LogP contribution in [0.3, 0.4) is 0 Å². The molecule has 2 heterocycles. The zero-order valence-electron chi connectivity index (χ0n) is 19.7. The van der Waals surface area contributed by atoms with Gasteiger partial charge >= 0.3 is 5.97 Å². The van der Waals surface area contributed by atoms with Crippen molar-refractivity contribution in [2.24, 2.45) is 0 Å². The number of fused-ring (bicyclic) bond motifs is 6. The molecule has 4 aromatic rings. The van der Waals surface area contributed by atoms with E-state index < -0.39 is 75.3 Å². The number of hydrogen-bond donors (Lipinski definition) is 3. The second-order valence-corrected chi connectivity index (χ2v) is 8.93. The minimum Gasteiger partial charge on any atom is -0.505 e. The number of carbonyl (C=O) groups is 2. The van der Waals surface area contributed by atoms with Crippen LogP contribution in [0.5, 0.6) is 23.0 Å². The number of halogens is 7. The van der Waals surface area contributed by atoms with Gasteiger partial charge in [0, 0.05) is 23.4 Å². The van der Waals surface area contributed by atoms with E-state index in [-0.39, 0.29) is 39.4 Å². The van der Waals surface area contributed by atoms with Crippen LogP contribution in [-0.4, -0.2) is 22.1 Å². The normalized spacial score (nSPS) is 14.2. The van der Waals surface area contributed by atoms with Crippen LogP contribution < -0.4 is 10.1 Å². The molecule has 208 valence electrons. The van der Waals surface area contributed by atoms with E-state index in [0.717, 1.165) is 42.5 Å². The van der Waals surface area contributed by atoms with Crippen LogP contribution in [0.2, 0.25) is 0 Å². The molecule has 1 spiro atoms. The van der Waals surface area contributed by atoms with Crippen molar-refractivity contribution in [1.29, 1.82) is 0 Å². The molecule has 41 heavy (non-hydrogen) atoms. The van der Waals surface area contributed by atoms with Crippen molar-refractivity contribution in [3.8, 4) is 23.0 Å². The standard InChI is InChI=1S/C27H10F7NO6/c28-13-4-11-17(6-15(13)36)40-18-7-16(37)14(29)5-12(18)27(11)10-2-1-8(3-9(10)26(39)41-27)35-25(38)19-20(30)22(32)24(34)23(33)21(19)31/h1-7,36-37H,(H,35,38). The van der Waals surface area contributed by atoms with E-state index in [9.17, 15) is 50.5 Å². The number of benzene rings is 4. The Hall–Kier alpha value is -5.27. The van der Waals surface area contributed by atoms with Crippen molar-refractivity contribution in [1.82, 2.24) is 0 Å². The topological polar surface area (TPSA) is 105 Å². The number of ether oxygens (including phenoxy) is 2. The van der Waals surface area contributed by atoms with E-state index in [2.05, 4.69) is 0 Å². The highest BCUT2D eigenvalue weighted by molar-refractivity contribution is 6.06. The number of esters is 1. The molecule has 0 fully saturated rings. The number of rotatable bonds is 2. The van der Waals surface area contributed by atoms with Crippen molar-refractivity contribution >= 4 is 17.6 Å². The zero-order chi connectivity index (χ0) is 29.5. The Bertz CT molecular complexity index is 1790. The predicted molar refractivity (Wildman–Crippen MR) is 122 cm³/mol. The second-order valence-electron chi connectivity index (χ2n) is 8.93. The maximum Gasteiger partial charge on any atom is 0.340 e. The first kappa shape index (κ1) is 26.0. The lowest BCUT2D eigenvalue weighted by Crippen LogP contribution is -2.33. The lowest BCUT2D eigenvalue weighted by Gasteiger charge is -2.36. The molecule has 4 aromatic carbocycles. The number of aromatic hydroxyl groups is 2. The van der Waals surface area contributed by atoms with Gasteiger partial charge in [0.2, 0.25) is 5.82 Å². The van der Waals surface area contributed by atoms with E-state index in [1.807, 2.05) is 5.32 Å². The summed E-state index contributed by atoms with van der Waals surface area (Å²) in [6.45, 7) is 0. The molecule has 7 nitrogen and oxygen atoms in total. The highest BCUT2D eigenvalue weighted by atomic mass is 19.2. The van der Waals surface area contributed by atoms with Crippen LogP contribution in [-0.2, 0) is 10.3 Å². The highest BCUT2D eigenvalue weighted by Gasteiger charge is 2.54. The number of nitrogens with one attached hydrogen (secondary N) is 1. The zero-order valence-corrected chi connectivity index (χ0v) is 19.7. The quantitative estimate of drug-likeness (QED) is 0.119. The molecular formula is C27H10F7NO6. The lowest BCUT2D eigenvalue weighted by molar-refractivity contribution is 0.0221. The Morgan fingerprint density at radius 3 is 1.76 bits per heavy atom. The van der Waals surface area contributed by atoms with Crippen molar-refractivity contribution < 1.29 is 60.0 Å². The van der Waals surface area contributed by atoms with Crippen molar-refractivity contribution in [2.75, 3.05) is 5.32 Å². The summed E-state index contributed by atoms with van der Waals surface area (Å²) < 4.78 is 109. The maximum absolute atomic E-state index is 14.5. The molecule has 1 amide bonds. The Labute approximate surface area is 223 Å². The maximum atomic E-state index is 14.5. The molecular weight excluding hydrogens is 567 g/mol. The van der Waals surface area contributed by atoms with Crippen LogP contribution in [0.25, 0.3) is 0 Å². The Morgan fingerprint density at radius 2 is 1.22 bits per heavy atom. The van der Waals surface area contributed by atoms with Crippen LogP contribution in [0.4, 0.5) is 36.4 Å². The van der Waals surface area contributed by atoms with E-state index in [0.29, 0.717) is 0 Å². The molecule has 2 aliphatic heterocycles. The van der Waals surface area contributed by atoms with Gasteiger partial charge in [-0.3, -0.25) is 4.79 Å². The predicted octanol–water partition coefficient (Wildman–Crippen LogP) is 5.89. The smallest absolute Gasteiger partial charge is 0.340 e. The molecule has 0 bridgehead atoms. The molecule has 6 rings (SSSR count). The van der Waals surface area contributed by atoms with Crippen LogP contribution in [0.1, 0.15) is 37.4 Å². The summed E-state index contributed by atoms with van der Waals surface area (Å²) >= 11 is 0. The van der Waals surface area contributed by atoms with Gasteiger partial charge in [-0.2, -0.15) is 0 Å². The third-order valence-corrected chi connectivity index (χ3v) is 6.64. The van der Waals surface area contributed by atoms with Gasteiger partial charge in [-0.1, -0.05) is 6.07 Å². The molecule has 3 N–H and O–H groups in total. The summed E-state index contributed by atoms with van der Waals surface area (Å²) in [5, 5.41) is 21.7. The second kappa shape index (κ2) is 8.61. The van der Waals surface area contributed by atoms with Crippen LogP contribution >= 0.6 is 0 Å². The number of anilines is 1. The molecule has 0 aromatic heterocycles. The van der Waals surface area contributed by atoms with Gasteiger partial charge in [-0.15, -0.1) is 0 Å². The van der Waals surface area contributed by atoms with Crippen molar-refractivity contribution in [3.05, 3.63) is 111 Å². The van der Waals surface area contributed by atoms with Gasteiger partial charge in [0.05, 0.1) is 16.7 Å². The molecule has 0 unspecified atom stereocenters. The largest absolute Gasteiger partial charge is 0.505 e. The fraction of sp³-hybridized carbons (Fsp3) is 0.0370. The summed E-state index contributed by atoms with van der Waals surface area (Å²) in [5.74, 6) is -19.3. The third-order valence-electron chi connectivity index (χ3n) is 6.64. The van der Waals surface area contributed by atoms with Crippen LogP contribution in [0, 0.1) is 40.7 Å². The van der Waals surface area contributed by atoms with E-state index in [1.54, 1.807) is 0 Å². The van der Waals surface area contributed by atoms with E-state index in [1.165, 1.54) is 0 Å². The average Bonchev–Trinajstić information content (AvgIpc) is 3.21. The van der Waals surface area contributed by atoms with Crippen LogP contribution in [0.15, 0.2) is 42.5 Å². The summed E-state index contributed by atoms with van der Waals surface area (Å²) in [7, 11) is 0. The fourth-order valence-corrected chi connectivity index (χ4v) is 4.81. The molecule has 0 saturated carbocycles. The number of hydrogen-bond acceptors (Lipinski definition) is 6. The van der Waals surface area contributed by atoms with Gasteiger partial charge in [0.25, 0.3) is 5.91 Å². The average molecular weight is 577 g/mol. The SMILES string of the molecule is O=C1OC2(c3cc(F)c(O)cc3Oc3cc(O)c(F)cc32)c2ccc(NC(=O)c3c(F)c(F)c(F)c(F)c3F)cc21. The Balaban J connectivity index is 1.50. The Morgan fingerprint density at radius 1 is 0.707 bits per heavy atom. The first-order chi connectivity index (χ1) is 19.3. The van der Waals surface area contributed by atoms with E-state index in [4.69, 9.17) is 9.47 Å². The van der Waals surface area contributed by atoms with Gasteiger partial charge < -0.3 is 25.0 Å². The summed E-state index contributed by atoms with van der Waals surface area (Å²) in [6, 6.07) is 6.43. The summed E-state index contributed by atoms with van der Waals surface area (Å²) in [6.07, 6.45) is 0. The molecule has 0 radical (unpaired) electrons. The summed E-state index contributed by atoms with van der Waals surface area (Å²) in [5.41, 5.74) is -5.04. The number of amides is 1. The fourth-order valence-electron chi connectivity index (χ4n) is 4.81. The highest BCUT2D eigenvalue weighted by Crippen LogP contribution is 2.57. The number of phenolic OH excluding ortho intramolecular Hbond substituents is 2. The first-order valence-electron chi connectivity index (χ1n) is 11.3. The van der Waals surface area contributed by atoms with Gasteiger partial charge in [-0.05, 0) is 24.3 Å². The number of phenols is 2. The van der Waals surface area contributed by atoms with E-state index >= 15 is 0 Å². The minimum absolute atomic E-state index is 0.0716. The number of carbonyl (C=O) groups excluding carboxylic acids is 2. The lowest BCUT2D eigenvalue weighted by atomic mass is 9.77. The van der Waals surface area contributed by atoms with Gasteiger partial charge in [0.15, 0.2) is 52.0 Å². The molecule has 0 saturated heterocycles. The Kier molecular flexibility index (Phi) is 5.46. The third kappa shape index (κ3) is 3.53. The monoisotopic (exact) mass is 577 g/mol. The molecule has 14 heteroatoms. The molecule has 0 aliphatic carbocycles. The molecule has 2 aliphatic rings.